The van der Waals surface area contributed by atoms with Crippen LogP contribution in [0.15, 0.2) is 0 Å². The van der Waals surface area contributed by atoms with Gasteiger partial charge >= 0.3 is 18.1 Å². The molecule has 7 heteroatoms. The minimum atomic E-state index is -5.10. The molecule has 0 saturated heterocycles. The zero-order chi connectivity index (χ0) is 16.8. The van der Waals surface area contributed by atoms with Crippen molar-refractivity contribution in [2.45, 2.75) is 90.1 Å². The van der Waals surface area contributed by atoms with E-state index in [2.05, 4.69) is 11.7 Å². The summed E-state index contributed by atoms with van der Waals surface area (Å²) in [6.07, 6.45) is 6.77. The Balaban J connectivity index is 0. The number of unbranched alkanes of at least 4 members (excludes halogenated alkanes) is 10. The van der Waals surface area contributed by atoms with E-state index in [-0.39, 0.29) is 22.9 Å². The minimum absolute atomic E-state index is 0. The zero-order valence-electron chi connectivity index (χ0n) is 13.7. The number of hydrogen-bond donors (Lipinski definition) is 0. The number of carbonyl (C=O) groups excluding carboxylic acids is 2. The summed E-state index contributed by atoms with van der Waals surface area (Å²) in [5.41, 5.74) is 0. The van der Waals surface area contributed by atoms with Crippen molar-refractivity contribution in [2.24, 2.45) is 0 Å². The van der Waals surface area contributed by atoms with Gasteiger partial charge in [0, 0.05) is 22.9 Å². The van der Waals surface area contributed by atoms with E-state index in [0.29, 0.717) is 6.42 Å². The molecule has 0 aliphatic carbocycles. The Bertz CT molecular complexity index is 320. The second kappa shape index (κ2) is 15.0. The summed E-state index contributed by atoms with van der Waals surface area (Å²) in [7, 11) is 0. The Hall–Kier alpha value is -0.576. The third-order valence-corrected chi connectivity index (χ3v) is 3.42. The number of rotatable bonds is 12. The van der Waals surface area contributed by atoms with Crippen LogP contribution in [0.4, 0.5) is 13.2 Å². The predicted octanol–water partition coefficient (Wildman–Crippen LogP) is 5.32. The van der Waals surface area contributed by atoms with Crippen LogP contribution in [0.5, 0.6) is 0 Å². The number of alkyl halides is 3. The Morgan fingerprint density at radius 3 is 1.57 bits per heavy atom. The standard InChI is InChI=1S/C16H27F3O3.Ni/c1-2-3-4-5-6-7-8-9-10-11-12-13-14(20)22-15(21)16(17,18)19;/h2-13H2,1H3;. The van der Waals surface area contributed by atoms with Crippen LogP contribution in [0, 0.1) is 0 Å². The molecule has 0 unspecified atom stereocenters. The zero-order valence-corrected chi connectivity index (χ0v) is 14.6. The molecule has 0 amide bonds. The molecule has 23 heavy (non-hydrogen) atoms. The topological polar surface area (TPSA) is 43.4 Å². The van der Waals surface area contributed by atoms with Crippen LogP contribution < -0.4 is 0 Å². The van der Waals surface area contributed by atoms with E-state index < -0.39 is 18.1 Å². The van der Waals surface area contributed by atoms with Crippen molar-refractivity contribution < 1.29 is 44.0 Å². The molecule has 0 fully saturated rings. The average Bonchev–Trinajstić information content (AvgIpc) is 2.43. The molecule has 0 aliphatic heterocycles. The minimum Gasteiger partial charge on any atom is -0.386 e. The summed E-state index contributed by atoms with van der Waals surface area (Å²) in [5.74, 6) is -3.53. The third kappa shape index (κ3) is 16.1. The van der Waals surface area contributed by atoms with Gasteiger partial charge in [0.2, 0.25) is 0 Å². The van der Waals surface area contributed by atoms with Crippen molar-refractivity contribution in [3.05, 3.63) is 0 Å². The molecule has 0 spiro atoms. The molecule has 0 heterocycles. The van der Waals surface area contributed by atoms with Gasteiger partial charge < -0.3 is 4.74 Å². The Kier molecular flexibility index (Phi) is 16.1. The van der Waals surface area contributed by atoms with Crippen molar-refractivity contribution in [2.75, 3.05) is 0 Å². The number of carbonyl (C=O) groups is 2. The maximum Gasteiger partial charge on any atom is 0.491 e. The van der Waals surface area contributed by atoms with Crippen molar-refractivity contribution in [3.8, 4) is 0 Å². The van der Waals surface area contributed by atoms with E-state index in [0.717, 1.165) is 25.7 Å². The number of hydrogen-bond acceptors (Lipinski definition) is 3. The monoisotopic (exact) mass is 382 g/mol. The fraction of sp³-hybridized carbons (Fsp3) is 0.875. The molecule has 0 aromatic carbocycles. The fourth-order valence-corrected chi connectivity index (χ4v) is 2.15. The first-order valence-electron chi connectivity index (χ1n) is 8.19. The molecule has 0 saturated carbocycles. The first-order chi connectivity index (χ1) is 10.4. The molecular weight excluding hydrogens is 356 g/mol. The van der Waals surface area contributed by atoms with Crippen LogP contribution in [0.25, 0.3) is 0 Å². The van der Waals surface area contributed by atoms with Gasteiger partial charge in [-0.25, -0.2) is 4.79 Å². The summed E-state index contributed by atoms with van der Waals surface area (Å²) in [6.45, 7) is 2.19. The van der Waals surface area contributed by atoms with Crippen LogP contribution in [0.1, 0.15) is 84.0 Å². The average molecular weight is 383 g/mol. The van der Waals surface area contributed by atoms with Crippen molar-refractivity contribution in [1.82, 2.24) is 0 Å². The van der Waals surface area contributed by atoms with Crippen LogP contribution >= 0.6 is 0 Å². The molecule has 0 atom stereocenters. The van der Waals surface area contributed by atoms with Gasteiger partial charge in [0.25, 0.3) is 0 Å². The summed E-state index contributed by atoms with van der Waals surface area (Å²) in [6, 6.07) is 0. The molecule has 0 rings (SSSR count). The van der Waals surface area contributed by atoms with E-state index >= 15 is 0 Å². The van der Waals surface area contributed by atoms with Crippen LogP contribution in [0.3, 0.4) is 0 Å². The van der Waals surface area contributed by atoms with Crippen LogP contribution in [0.2, 0.25) is 0 Å². The Morgan fingerprint density at radius 2 is 1.17 bits per heavy atom. The molecular formula is C16H27F3NiO3. The van der Waals surface area contributed by atoms with Gasteiger partial charge in [-0.05, 0) is 6.42 Å². The SMILES string of the molecule is CCCCCCCCCCCCCC(=O)OC(=O)C(F)(F)F.[Ni]. The van der Waals surface area contributed by atoms with E-state index in [1.54, 1.807) is 0 Å². The van der Waals surface area contributed by atoms with Crippen LogP contribution in [-0.4, -0.2) is 18.1 Å². The molecule has 0 bridgehead atoms. The summed E-state index contributed by atoms with van der Waals surface area (Å²) in [5, 5.41) is 0. The third-order valence-electron chi connectivity index (χ3n) is 3.42. The quantitative estimate of drug-likeness (QED) is 0.198. The maximum atomic E-state index is 11.8. The molecule has 0 aromatic rings. The Morgan fingerprint density at radius 1 is 0.783 bits per heavy atom. The first-order valence-corrected chi connectivity index (χ1v) is 8.19. The van der Waals surface area contributed by atoms with Gasteiger partial charge in [0.05, 0.1) is 0 Å². The van der Waals surface area contributed by atoms with Crippen molar-refractivity contribution in [1.29, 1.82) is 0 Å². The fourth-order valence-electron chi connectivity index (χ4n) is 2.15. The van der Waals surface area contributed by atoms with Gasteiger partial charge in [-0.3, -0.25) is 4.79 Å². The number of ether oxygens (including phenoxy) is 1. The summed E-state index contributed by atoms with van der Waals surface area (Å²) in [4.78, 5) is 21.4. The summed E-state index contributed by atoms with van der Waals surface area (Å²) >= 11 is 0. The largest absolute Gasteiger partial charge is 0.491 e. The van der Waals surface area contributed by atoms with E-state index in [4.69, 9.17) is 0 Å². The smallest absolute Gasteiger partial charge is 0.386 e. The van der Waals surface area contributed by atoms with Gasteiger partial charge in [-0.15, -0.1) is 0 Å². The maximum absolute atomic E-state index is 11.8. The molecule has 0 aliphatic rings. The molecule has 0 radical (unpaired) electrons. The van der Waals surface area contributed by atoms with E-state index in [1.807, 2.05) is 0 Å². The number of halogens is 3. The van der Waals surface area contributed by atoms with E-state index in [9.17, 15) is 22.8 Å². The normalized spacial score (nSPS) is 11.0. The van der Waals surface area contributed by atoms with E-state index in [1.165, 1.54) is 38.5 Å². The molecule has 0 aromatic heterocycles. The van der Waals surface area contributed by atoms with Gasteiger partial charge in [-0.1, -0.05) is 71.1 Å². The van der Waals surface area contributed by atoms with Crippen molar-refractivity contribution in [3.63, 3.8) is 0 Å². The molecule has 0 N–H and O–H groups in total. The number of esters is 2. The van der Waals surface area contributed by atoms with Crippen molar-refractivity contribution >= 4 is 11.9 Å². The second-order valence-electron chi connectivity index (χ2n) is 5.54. The van der Waals surface area contributed by atoms with Gasteiger partial charge in [0.15, 0.2) is 0 Å². The second-order valence-corrected chi connectivity index (χ2v) is 5.54. The molecule has 3 nitrogen and oxygen atoms in total. The van der Waals surface area contributed by atoms with Gasteiger partial charge in [0.1, 0.15) is 0 Å². The molecule has 140 valence electrons. The summed E-state index contributed by atoms with van der Waals surface area (Å²) < 4.78 is 39.2. The predicted molar refractivity (Wildman–Crippen MR) is 78.2 cm³/mol. The Labute approximate surface area is 146 Å². The first kappa shape index (κ1) is 24.7. The van der Waals surface area contributed by atoms with Gasteiger partial charge in [-0.2, -0.15) is 13.2 Å². The van der Waals surface area contributed by atoms with Crippen LogP contribution in [-0.2, 0) is 30.8 Å².